The van der Waals surface area contributed by atoms with E-state index in [1.165, 1.54) is 32.4 Å². The molecule has 0 unspecified atom stereocenters. The molecule has 110 valence electrons. The first kappa shape index (κ1) is 15.1. The number of methoxy groups -OCH3 is 1. The normalized spacial score (nSPS) is 13.5. The summed E-state index contributed by atoms with van der Waals surface area (Å²) in [5.74, 6) is -0.900. The Labute approximate surface area is 122 Å². The third kappa shape index (κ3) is 3.05. The number of halogens is 1. The molecule has 21 heavy (non-hydrogen) atoms. The number of aryl methyl sites for hydroxylation is 1. The Kier molecular flexibility index (Phi) is 4.28. The van der Waals surface area contributed by atoms with Gasteiger partial charge < -0.3 is 4.74 Å². The van der Waals surface area contributed by atoms with Crippen LogP contribution in [0.3, 0.4) is 0 Å². The number of aromatic nitrogens is 2. The number of hydrogen-bond donors (Lipinski definition) is 1. The maximum absolute atomic E-state index is 13.9. The summed E-state index contributed by atoms with van der Waals surface area (Å²) in [7, 11) is 1.35. The van der Waals surface area contributed by atoms with Crippen molar-refractivity contribution in [1.82, 2.24) is 9.97 Å². The zero-order valence-corrected chi connectivity index (χ0v) is 12.1. The van der Waals surface area contributed by atoms with E-state index in [4.69, 9.17) is 4.74 Å². The van der Waals surface area contributed by atoms with Crippen LogP contribution in [0.15, 0.2) is 36.5 Å². The largest absolute Gasteiger partial charge is 0.364 e. The smallest absolute Gasteiger partial charge is 0.263 e. The van der Waals surface area contributed by atoms with E-state index in [2.05, 4.69) is 15.3 Å². The summed E-state index contributed by atoms with van der Waals surface area (Å²) in [6, 6.07) is 7.70. The predicted octanol–water partition coefficient (Wildman–Crippen LogP) is 2.42. The Morgan fingerprint density at radius 2 is 2.05 bits per heavy atom. The van der Waals surface area contributed by atoms with Crippen LogP contribution in [0.5, 0.6) is 0 Å². The number of hydrogen-bond acceptors (Lipinski definition) is 4. The zero-order chi connectivity index (χ0) is 15.5. The molecular formula is C15H16FN3O2. The fourth-order valence-electron chi connectivity index (χ4n) is 1.90. The number of nitrogens with one attached hydrogen (secondary N) is 1. The number of benzene rings is 1. The topological polar surface area (TPSA) is 64.1 Å². The summed E-state index contributed by atoms with van der Waals surface area (Å²) in [5.41, 5.74) is -0.610. The van der Waals surface area contributed by atoms with E-state index in [-0.39, 0.29) is 11.5 Å². The van der Waals surface area contributed by atoms with Crippen molar-refractivity contribution in [1.29, 1.82) is 0 Å². The van der Waals surface area contributed by atoms with Crippen LogP contribution in [0.1, 0.15) is 18.2 Å². The average molecular weight is 289 g/mol. The first-order chi connectivity index (χ1) is 9.97. The second kappa shape index (κ2) is 5.97. The van der Waals surface area contributed by atoms with Gasteiger partial charge in [-0.05, 0) is 26.0 Å². The van der Waals surface area contributed by atoms with Crippen LogP contribution in [-0.2, 0) is 15.1 Å². The summed E-state index contributed by atoms with van der Waals surface area (Å²) in [6.07, 6.45) is 1.53. The molecule has 0 aliphatic heterocycles. The van der Waals surface area contributed by atoms with E-state index in [9.17, 15) is 9.18 Å². The molecule has 0 fully saturated rings. The molecule has 1 heterocycles. The fraction of sp³-hybridized carbons (Fsp3) is 0.267. The van der Waals surface area contributed by atoms with Gasteiger partial charge in [0.2, 0.25) is 5.95 Å². The number of anilines is 1. The molecule has 0 saturated carbocycles. The number of nitrogens with zero attached hydrogens (tertiary/aromatic N) is 2. The lowest BCUT2D eigenvalue weighted by atomic mass is 9.94. The molecule has 6 heteroatoms. The first-order valence-electron chi connectivity index (χ1n) is 6.38. The molecular weight excluding hydrogens is 273 g/mol. The maximum Gasteiger partial charge on any atom is 0.263 e. The van der Waals surface area contributed by atoms with Crippen molar-refractivity contribution < 1.29 is 13.9 Å². The molecule has 0 bridgehead atoms. The summed E-state index contributed by atoms with van der Waals surface area (Å²) < 4.78 is 19.2. The van der Waals surface area contributed by atoms with Gasteiger partial charge >= 0.3 is 0 Å². The summed E-state index contributed by atoms with van der Waals surface area (Å²) >= 11 is 0. The highest BCUT2D eigenvalue weighted by atomic mass is 19.1. The highest BCUT2D eigenvalue weighted by Crippen LogP contribution is 2.28. The molecule has 1 atom stereocenters. The molecule has 1 N–H and O–H groups in total. The van der Waals surface area contributed by atoms with E-state index >= 15 is 0 Å². The van der Waals surface area contributed by atoms with E-state index < -0.39 is 17.3 Å². The Morgan fingerprint density at radius 1 is 1.33 bits per heavy atom. The van der Waals surface area contributed by atoms with Gasteiger partial charge in [-0.2, -0.15) is 0 Å². The fourth-order valence-corrected chi connectivity index (χ4v) is 1.90. The lowest BCUT2D eigenvalue weighted by Gasteiger charge is -2.27. The predicted molar refractivity (Wildman–Crippen MR) is 76.2 cm³/mol. The Morgan fingerprint density at radius 3 is 2.67 bits per heavy atom. The van der Waals surface area contributed by atoms with Gasteiger partial charge in [-0.25, -0.2) is 14.4 Å². The minimum absolute atomic E-state index is 0.151. The van der Waals surface area contributed by atoms with E-state index in [0.29, 0.717) is 5.69 Å². The van der Waals surface area contributed by atoms with Crippen LogP contribution < -0.4 is 5.32 Å². The summed E-state index contributed by atoms with van der Waals surface area (Å²) in [5, 5.41) is 2.55. The lowest BCUT2D eigenvalue weighted by molar-refractivity contribution is -0.137. The Bertz CT molecular complexity index is 663. The number of carbonyl (C=O) groups excluding carboxylic acids is 1. The van der Waals surface area contributed by atoms with Gasteiger partial charge in [-0.1, -0.05) is 18.2 Å². The molecule has 2 aromatic rings. The molecule has 0 radical (unpaired) electrons. The van der Waals surface area contributed by atoms with Crippen molar-refractivity contribution in [3.63, 3.8) is 0 Å². The molecule has 0 saturated heterocycles. The van der Waals surface area contributed by atoms with Crippen molar-refractivity contribution >= 4 is 11.9 Å². The van der Waals surface area contributed by atoms with Crippen LogP contribution in [0.4, 0.5) is 10.3 Å². The first-order valence-corrected chi connectivity index (χ1v) is 6.38. The van der Waals surface area contributed by atoms with Crippen LogP contribution in [0.2, 0.25) is 0 Å². The van der Waals surface area contributed by atoms with Crippen molar-refractivity contribution in [3.05, 3.63) is 53.6 Å². The molecule has 0 aliphatic carbocycles. The van der Waals surface area contributed by atoms with Crippen LogP contribution in [0, 0.1) is 12.7 Å². The van der Waals surface area contributed by atoms with Crippen LogP contribution >= 0.6 is 0 Å². The van der Waals surface area contributed by atoms with Crippen molar-refractivity contribution in [3.8, 4) is 0 Å². The van der Waals surface area contributed by atoms with Gasteiger partial charge in [-0.3, -0.25) is 10.1 Å². The number of rotatable bonds is 4. The number of amides is 1. The van der Waals surface area contributed by atoms with Crippen LogP contribution in [0.25, 0.3) is 0 Å². The molecule has 1 aromatic heterocycles. The Balaban J connectivity index is 2.32. The highest BCUT2D eigenvalue weighted by molar-refractivity contribution is 5.96. The van der Waals surface area contributed by atoms with Gasteiger partial charge in [0.25, 0.3) is 5.91 Å². The van der Waals surface area contributed by atoms with Crippen molar-refractivity contribution in [2.75, 3.05) is 12.4 Å². The van der Waals surface area contributed by atoms with Gasteiger partial charge in [0.1, 0.15) is 5.82 Å². The molecule has 0 aliphatic rings. The summed E-state index contributed by atoms with van der Waals surface area (Å²) in [4.78, 5) is 20.5. The maximum atomic E-state index is 13.9. The second-order valence-electron chi connectivity index (χ2n) is 4.69. The van der Waals surface area contributed by atoms with Crippen molar-refractivity contribution in [2.24, 2.45) is 0 Å². The number of ether oxygens (including phenoxy) is 1. The monoisotopic (exact) mass is 289 g/mol. The molecule has 2 rings (SSSR count). The van der Waals surface area contributed by atoms with E-state index in [0.717, 1.165) is 0 Å². The minimum Gasteiger partial charge on any atom is -0.364 e. The van der Waals surface area contributed by atoms with Gasteiger partial charge in [0.15, 0.2) is 5.60 Å². The zero-order valence-electron chi connectivity index (χ0n) is 12.1. The van der Waals surface area contributed by atoms with Crippen molar-refractivity contribution in [2.45, 2.75) is 19.4 Å². The Hall–Kier alpha value is -2.34. The molecule has 1 amide bonds. The SMILES string of the molecule is CO[C@](C)(C(=O)Nc1nccc(C)n1)c1ccccc1F. The summed E-state index contributed by atoms with van der Waals surface area (Å²) in [6.45, 7) is 3.28. The lowest BCUT2D eigenvalue weighted by Crippen LogP contribution is -2.40. The number of carbonyl (C=O) groups is 1. The van der Waals surface area contributed by atoms with Gasteiger partial charge in [0.05, 0.1) is 0 Å². The second-order valence-corrected chi connectivity index (χ2v) is 4.69. The minimum atomic E-state index is -1.47. The highest BCUT2D eigenvalue weighted by Gasteiger charge is 2.38. The van der Waals surface area contributed by atoms with Crippen LogP contribution in [-0.4, -0.2) is 23.0 Å². The van der Waals surface area contributed by atoms with E-state index in [1.54, 1.807) is 25.1 Å². The average Bonchev–Trinajstić information content (AvgIpc) is 2.47. The third-order valence-corrected chi connectivity index (χ3v) is 3.25. The standard InChI is InChI=1S/C15H16FN3O2/c1-10-8-9-17-14(18-10)19-13(20)15(2,21-3)11-6-4-5-7-12(11)16/h4-9H,1-3H3,(H,17,18,19,20)/t15-/m0/s1. The molecule has 5 nitrogen and oxygen atoms in total. The van der Waals surface area contributed by atoms with Gasteiger partial charge in [-0.15, -0.1) is 0 Å². The van der Waals surface area contributed by atoms with E-state index in [1.807, 2.05) is 0 Å². The molecule has 1 aromatic carbocycles. The quantitative estimate of drug-likeness (QED) is 0.939. The molecule has 0 spiro atoms. The van der Waals surface area contributed by atoms with Gasteiger partial charge in [0, 0.05) is 24.6 Å². The third-order valence-electron chi connectivity index (χ3n) is 3.25.